The summed E-state index contributed by atoms with van der Waals surface area (Å²) in [6.07, 6.45) is 1.48. The van der Waals surface area contributed by atoms with Crippen molar-refractivity contribution in [2.75, 3.05) is 11.9 Å². The highest BCUT2D eigenvalue weighted by Crippen LogP contribution is 2.43. The summed E-state index contributed by atoms with van der Waals surface area (Å²) in [6.45, 7) is 6.26. The molecule has 2 saturated heterocycles. The average molecular weight is 411 g/mol. The van der Waals surface area contributed by atoms with Crippen LogP contribution in [0.4, 0.5) is 5.82 Å². The number of rotatable bonds is 5. The largest absolute Gasteiger partial charge is 0.394 e. The lowest BCUT2D eigenvalue weighted by Crippen LogP contribution is -2.31. The van der Waals surface area contributed by atoms with E-state index in [-0.39, 0.29) is 18.8 Å². The lowest BCUT2D eigenvalue weighted by molar-refractivity contribution is -0.199. The zero-order valence-electron chi connectivity index (χ0n) is 17.1. The molecule has 9 nitrogen and oxygen atoms in total. The topological polar surface area (TPSA) is 104 Å². The minimum atomic E-state index is -0.739. The first-order valence-corrected chi connectivity index (χ1v) is 10.0. The van der Waals surface area contributed by atoms with Gasteiger partial charge >= 0.3 is 0 Å². The first-order chi connectivity index (χ1) is 14.4. The van der Waals surface area contributed by atoms with Crippen molar-refractivity contribution < 1.29 is 19.3 Å². The highest BCUT2D eigenvalue weighted by atomic mass is 16.8. The first kappa shape index (κ1) is 19.4. The zero-order chi connectivity index (χ0) is 20.9. The summed E-state index contributed by atoms with van der Waals surface area (Å²) >= 11 is 0. The van der Waals surface area contributed by atoms with E-state index in [1.54, 1.807) is 6.33 Å². The number of nitrogens with one attached hydrogen (secondary N) is 1. The molecule has 1 aromatic carbocycles. The smallest absolute Gasteiger partial charge is 0.167 e. The van der Waals surface area contributed by atoms with Crippen LogP contribution >= 0.6 is 0 Å². The van der Waals surface area contributed by atoms with E-state index in [4.69, 9.17) is 14.2 Å². The molecule has 1 unspecified atom stereocenters. The highest BCUT2D eigenvalue weighted by molar-refractivity contribution is 5.82. The van der Waals surface area contributed by atoms with Crippen molar-refractivity contribution in [2.24, 2.45) is 0 Å². The lowest BCUT2D eigenvalue weighted by atomic mass is 10.1. The highest BCUT2D eigenvalue weighted by Gasteiger charge is 2.55. The maximum absolute atomic E-state index is 9.73. The summed E-state index contributed by atoms with van der Waals surface area (Å²) in [7, 11) is 0. The Hall–Kier alpha value is -2.59. The molecule has 158 valence electrons. The van der Waals surface area contributed by atoms with E-state index < -0.39 is 18.1 Å². The summed E-state index contributed by atoms with van der Waals surface area (Å²) in [4.78, 5) is 13.3. The molecule has 0 radical (unpaired) electrons. The SMILES string of the molecule is Cc1ccc(CNc2ncnc3c2ncn3[C@@H]2O[C@H](CO)[C@@H]3OC(C)(C)OC32)cc1. The van der Waals surface area contributed by atoms with Crippen molar-refractivity contribution in [3.05, 3.63) is 48.0 Å². The third kappa shape index (κ3) is 3.33. The minimum absolute atomic E-state index is 0.151. The molecule has 2 aliphatic heterocycles. The van der Waals surface area contributed by atoms with E-state index in [1.807, 2.05) is 18.4 Å². The van der Waals surface area contributed by atoms with E-state index in [2.05, 4.69) is 51.5 Å². The Bertz CT molecular complexity index is 1050. The lowest BCUT2D eigenvalue weighted by Gasteiger charge is -2.24. The molecule has 30 heavy (non-hydrogen) atoms. The fourth-order valence-electron chi connectivity index (χ4n) is 4.09. The minimum Gasteiger partial charge on any atom is -0.394 e. The average Bonchev–Trinajstić information content (AvgIpc) is 3.38. The van der Waals surface area contributed by atoms with Crippen molar-refractivity contribution in [2.45, 2.75) is 57.6 Å². The Morgan fingerprint density at radius 2 is 1.87 bits per heavy atom. The predicted molar refractivity (Wildman–Crippen MR) is 109 cm³/mol. The van der Waals surface area contributed by atoms with Gasteiger partial charge in [-0.25, -0.2) is 15.0 Å². The van der Waals surface area contributed by atoms with Crippen LogP contribution in [0.25, 0.3) is 11.2 Å². The number of fused-ring (bicyclic) bond motifs is 2. The Labute approximate surface area is 174 Å². The number of nitrogens with zero attached hydrogens (tertiary/aromatic N) is 4. The van der Waals surface area contributed by atoms with Crippen LogP contribution in [-0.2, 0) is 20.8 Å². The second-order valence-corrected chi connectivity index (χ2v) is 8.20. The number of aliphatic hydroxyl groups is 1. The van der Waals surface area contributed by atoms with Gasteiger partial charge in [-0.15, -0.1) is 0 Å². The van der Waals surface area contributed by atoms with Crippen LogP contribution in [0.1, 0.15) is 31.2 Å². The molecular formula is C21H25N5O4. The van der Waals surface area contributed by atoms with Gasteiger partial charge in [-0.3, -0.25) is 4.57 Å². The number of aliphatic hydroxyl groups excluding tert-OH is 1. The maximum Gasteiger partial charge on any atom is 0.167 e. The molecule has 0 aliphatic carbocycles. The molecule has 0 amide bonds. The number of hydrogen-bond acceptors (Lipinski definition) is 8. The maximum atomic E-state index is 9.73. The van der Waals surface area contributed by atoms with Crippen molar-refractivity contribution >= 4 is 17.0 Å². The standard InChI is InChI=1S/C21H25N5O4/c1-12-4-6-13(7-5-12)8-22-18-15-19(24-10-23-18)26(11-25-15)20-17-16(14(9-27)28-20)29-21(2,3)30-17/h4-7,10-11,14,16-17,20,27H,8-9H2,1-3H3,(H,22,23,24)/t14-,16+,17?,20-/m1/s1. The summed E-state index contributed by atoms with van der Waals surface area (Å²) in [6, 6.07) is 8.33. The second-order valence-electron chi connectivity index (χ2n) is 8.20. The Kier molecular flexibility index (Phi) is 4.70. The molecule has 2 aliphatic rings. The van der Waals surface area contributed by atoms with Crippen molar-refractivity contribution in [1.29, 1.82) is 0 Å². The molecule has 9 heteroatoms. The fourth-order valence-corrected chi connectivity index (χ4v) is 4.09. The van der Waals surface area contributed by atoms with Crippen LogP contribution in [0.3, 0.4) is 0 Å². The normalized spacial score (nSPS) is 27.5. The molecule has 4 heterocycles. The van der Waals surface area contributed by atoms with Gasteiger partial charge in [-0.1, -0.05) is 29.8 Å². The summed E-state index contributed by atoms with van der Waals surface area (Å²) in [5, 5.41) is 13.1. The van der Waals surface area contributed by atoms with Gasteiger partial charge in [0.1, 0.15) is 24.6 Å². The third-order valence-corrected chi connectivity index (χ3v) is 5.52. The summed E-state index contributed by atoms with van der Waals surface area (Å²) < 4.78 is 19.9. The molecule has 2 N–H and O–H groups in total. The molecule has 0 bridgehead atoms. The van der Waals surface area contributed by atoms with E-state index in [9.17, 15) is 5.11 Å². The van der Waals surface area contributed by atoms with Crippen molar-refractivity contribution in [3.63, 3.8) is 0 Å². The zero-order valence-corrected chi connectivity index (χ0v) is 17.1. The Balaban J connectivity index is 1.42. The molecular weight excluding hydrogens is 386 g/mol. The number of anilines is 1. The van der Waals surface area contributed by atoms with Crippen LogP contribution < -0.4 is 5.32 Å². The molecule has 4 atom stereocenters. The van der Waals surface area contributed by atoms with Crippen molar-refractivity contribution in [3.8, 4) is 0 Å². The fraction of sp³-hybridized carbons (Fsp3) is 0.476. The quantitative estimate of drug-likeness (QED) is 0.658. The molecule has 5 rings (SSSR count). The van der Waals surface area contributed by atoms with Crippen LogP contribution in [0.5, 0.6) is 0 Å². The van der Waals surface area contributed by atoms with E-state index in [0.717, 1.165) is 5.56 Å². The number of benzene rings is 1. The van der Waals surface area contributed by atoms with Crippen molar-refractivity contribution in [1.82, 2.24) is 19.5 Å². The van der Waals surface area contributed by atoms with E-state index >= 15 is 0 Å². The second kappa shape index (κ2) is 7.28. The van der Waals surface area contributed by atoms with Gasteiger partial charge in [0, 0.05) is 6.54 Å². The van der Waals surface area contributed by atoms with Gasteiger partial charge in [0.2, 0.25) is 0 Å². The molecule has 0 saturated carbocycles. The Morgan fingerprint density at radius 1 is 1.10 bits per heavy atom. The van der Waals surface area contributed by atoms with Gasteiger partial charge in [0.05, 0.1) is 12.9 Å². The third-order valence-electron chi connectivity index (χ3n) is 5.52. The summed E-state index contributed by atoms with van der Waals surface area (Å²) in [5.41, 5.74) is 3.65. The van der Waals surface area contributed by atoms with Crippen LogP contribution in [-0.4, -0.2) is 55.3 Å². The van der Waals surface area contributed by atoms with Gasteiger partial charge in [-0.05, 0) is 26.3 Å². The summed E-state index contributed by atoms with van der Waals surface area (Å²) in [5.74, 6) is -0.0896. The number of aryl methyl sites for hydroxylation is 1. The van der Waals surface area contributed by atoms with Gasteiger partial charge < -0.3 is 24.6 Å². The molecule has 2 aromatic heterocycles. The van der Waals surface area contributed by atoms with Crippen LogP contribution in [0.15, 0.2) is 36.9 Å². The first-order valence-electron chi connectivity index (χ1n) is 10.0. The monoisotopic (exact) mass is 411 g/mol. The van der Waals surface area contributed by atoms with Gasteiger partial charge in [-0.2, -0.15) is 0 Å². The van der Waals surface area contributed by atoms with Gasteiger partial charge in [0.15, 0.2) is 29.0 Å². The number of ether oxygens (including phenoxy) is 3. The molecule has 2 fully saturated rings. The number of imidazole rings is 1. The van der Waals surface area contributed by atoms with E-state index in [0.29, 0.717) is 23.5 Å². The van der Waals surface area contributed by atoms with Crippen LogP contribution in [0.2, 0.25) is 0 Å². The number of hydrogen-bond donors (Lipinski definition) is 2. The van der Waals surface area contributed by atoms with E-state index in [1.165, 1.54) is 11.9 Å². The Morgan fingerprint density at radius 3 is 2.63 bits per heavy atom. The molecule has 0 spiro atoms. The predicted octanol–water partition coefficient (Wildman–Crippen LogP) is 2.16. The molecule has 3 aromatic rings. The number of aromatic nitrogens is 4. The van der Waals surface area contributed by atoms with Gasteiger partial charge in [0.25, 0.3) is 0 Å². The van der Waals surface area contributed by atoms with Crippen LogP contribution in [0, 0.1) is 6.92 Å².